The maximum atomic E-state index is 12.8. The molecule has 1 atom stereocenters. The first-order valence-corrected chi connectivity index (χ1v) is 10.5. The molecule has 4 aliphatic carbocycles. The summed E-state index contributed by atoms with van der Waals surface area (Å²) in [4.78, 5) is 25.4. The summed E-state index contributed by atoms with van der Waals surface area (Å²) in [6.45, 7) is 1.68. The van der Waals surface area contributed by atoms with Gasteiger partial charge in [-0.15, -0.1) is 0 Å². The summed E-state index contributed by atoms with van der Waals surface area (Å²) in [5.41, 5.74) is 0.420. The van der Waals surface area contributed by atoms with E-state index in [2.05, 4.69) is 5.32 Å². The van der Waals surface area contributed by atoms with Gasteiger partial charge < -0.3 is 10.1 Å². The zero-order valence-electron chi connectivity index (χ0n) is 16.3. The number of hydrogen-bond acceptors (Lipinski definition) is 3. The van der Waals surface area contributed by atoms with Crippen molar-refractivity contribution in [2.45, 2.75) is 57.1 Å². The Labute approximate surface area is 165 Å². The minimum atomic E-state index is -0.785. The smallest absolute Gasteiger partial charge is 0.338 e. The topological polar surface area (TPSA) is 55.4 Å². The molecule has 2 aromatic carbocycles. The highest BCUT2D eigenvalue weighted by Crippen LogP contribution is 2.55. The Morgan fingerprint density at radius 2 is 1.57 bits per heavy atom. The third-order valence-corrected chi connectivity index (χ3v) is 7.06. The van der Waals surface area contributed by atoms with Gasteiger partial charge >= 0.3 is 5.97 Å². The summed E-state index contributed by atoms with van der Waals surface area (Å²) < 4.78 is 5.51. The van der Waals surface area contributed by atoms with Crippen molar-refractivity contribution in [2.24, 2.45) is 17.8 Å². The zero-order chi connectivity index (χ0) is 19.3. The standard InChI is InChI=1S/C24H27NO3/c1-15(28-23(27)21-7-6-19-4-2-3-5-20(19)11-21)22(26)25-24-12-16-8-17(13-24)10-18(9-16)14-24/h2-7,11,15-18H,8-10,12-14H2,1H3,(H,25,26)/t15-,16?,17?,18?,24?/m1/s1. The number of fused-ring (bicyclic) bond motifs is 1. The summed E-state index contributed by atoms with van der Waals surface area (Å²) in [5.74, 6) is 1.70. The molecule has 146 valence electrons. The monoisotopic (exact) mass is 377 g/mol. The van der Waals surface area contributed by atoms with Crippen molar-refractivity contribution in [1.82, 2.24) is 5.32 Å². The fourth-order valence-electron chi connectivity index (χ4n) is 6.23. The summed E-state index contributed by atoms with van der Waals surface area (Å²) in [6.07, 6.45) is 6.50. The lowest BCUT2D eigenvalue weighted by Gasteiger charge is -2.57. The van der Waals surface area contributed by atoms with Crippen LogP contribution in [0.1, 0.15) is 55.8 Å². The lowest BCUT2D eigenvalue weighted by atomic mass is 9.53. The minimum Gasteiger partial charge on any atom is -0.449 e. The van der Waals surface area contributed by atoms with Crippen LogP contribution < -0.4 is 5.32 Å². The van der Waals surface area contributed by atoms with Crippen molar-refractivity contribution in [3.05, 3.63) is 48.0 Å². The Kier molecular flexibility index (Phi) is 4.18. The lowest BCUT2D eigenvalue weighted by molar-refractivity contribution is -0.134. The number of hydrogen-bond donors (Lipinski definition) is 1. The Morgan fingerprint density at radius 1 is 0.964 bits per heavy atom. The molecule has 2 aromatic rings. The van der Waals surface area contributed by atoms with Crippen LogP contribution in [0.5, 0.6) is 0 Å². The highest BCUT2D eigenvalue weighted by atomic mass is 16.5. The van der Waals surface area contributed by atoms with Crippen LogP contribution in [0.2, 0.25) is 0 Å². The molecule has 0 spiro atoms. The van der Waals surface area contributed by atoms with Gasteiger partial charge in [-0.2, -0.15) is 0 Å². The van der Waals surface area contributed by atoms with Gasteiger partial charge in [-0.1, -0.05) is 30.3 Å². The molecular formula is C24H27NO3. The predicted octanol–water partition coefficient (Wildman–Crippen LogP) is 4.47. The number of amides is 1. The maximum absolute atomic E-state index is 12.8. The molecule has 4 saturated carbocycles. The second-order valence-corrected chi connectivity index (χ2v) is 9.30. The molecule has 0 saturated heterocycles. The van der Waals surface area contributed by atoms with Crippen LogP contribution in [0.3, 0.4) is 0 Å². The van der Waals surface area contributed by atoms with Gasteiger partial charge in [0.25, 0.3) is 5.91 Å². The molecule has 4 bridgehead atoms. The van der Waals surface area contributed by atoms with E-state index in [-0.39, 0.29) is 11.4 Å². The molecule has 6 rings (SSSR count). The Balaban J connectivity index is 1.25. The zero-order valence-corrected chi connectivity index (χ0v) is 16.3. The number of carbonyl (C=O) groups excluding carboxylic acids is 2. The summed E-state index contributed by atoms with van der Waals surface area (Å²) >= 11 is 0. The van der Waals surface area contributed by atoms with E-state index in [1.807, 2.05) is 36.4 Å². The van der Waals surface area contributed by atoms with Crippen molar-refractivity contribution < 1.29 is 14.3 Å². The molecule has 4 aliphatic rings. The van der Waals surface area contributed by atoms with Gasteiger partial charge in [0.2, 0.25) is 0 Å². The van der Waals surface area contributed by atoms with Crippen molar-refractivity contribution in [1.29, 1.82) is 0 Å². The van der Waals surface area contributed by atoms with Crippen molar-refractivity contribution in [2.75, 3.05) is 0 Å². The maximum Gasteiger partial charge on any atom is 0.338 e. The second-order valence-electron chi connectivity index (χ2n) is 9.30. The molecule has 1 N–H and O–H groups in total. The van der Waals surface area contributed by atoms with Crippen LogP contribution in [0, 0.1) is 17.8 Å². The van der Waals surface area contributed by atoms with Gasteiger partial charge in [0.1, 0.15) is 0 Å². The van der Waals surface area contributed by atoms with Gasteiger partial charge in [0.05, 0.1) is 5.56 Å². The lowest BCUT2D eigenvalue weighted by Crippen LogP contribution is -2.61. The van der Waals surface area contributed by atoms with E-state index in [1.54, 1.807) is 13.0 Å². The van der Waals surface area contributed by atoms with E-state index >= 15 is 0 Å². The number of rotatable bonds is 4. The van der Waals surface area contributed by atoms with Crippen molar-refractivity contribution in [3.8, 4) is 0 Å². The molecule has 4 fully saturated rings. The van der Waals surface area contributed by atoms with Crippen molar-refractivity contribution >= 4 is 22.6 Å². The fourth-order valence-corrected chi connectivity index (χ4v) is 6.23. The van der Waals surface area contributed by atoms with Crippen LogP contribution in [0.15, 0.2) is 42.5 Å². The first-order chi connectivity index (χ1) is 13.5. The Hall–Kier alpha value is -2.36. The number of esters is 1. The molecule has 0 aromatic heterocycles. The first kappa shape index (κ1) is 17.7. The number of ether oxygens (including phenoxy) is 1. The number of nitrogens with one attached hydrogen (secondary N) is 1. The number of benzene rings is 2. The number of carbonyl (C=O) groups is 2. The van der Waals surface area contributed by atoms with E-state index < -0.39 is 12.1 Å². The quantitative estimate of drug-likeness (QED) is 0.800. The van der Waals surface area contributed by atoms with E-state index in [9.17, 15) is 9.59 Å². The highest BCUT2D eigenvalue weighted by molar-refractivity contribution is 5.96. The molecule has 4 heteroatoms. The van der Waals surface area contributed by atoms with Crippen LogP contribution in [0.4, 0.5) is 0 Å². The molecule has 0 heterocycles. The molecule has 1 amide bonds. The van der Waals surface area contributed by atoms with E-state index in [4.69, 9.17) is 4.74 Å². The largest absolute Gasteiger partial charge is 0.449 e. The van der Waals surface area contributed by atoms with Crippen LogP contribution >= 0.6 is 0 Å². The van der Waals surface area contributed by atoms with Gasteiger partial charge in [0.15, 0.2) is 6.10 Å². The van der Waals surface area contributed by atoms with Crippen LogP contribution in [-0.2, 0) is 9.53 Å². The molecule has 0 aliphatic heterocycles. The normalized spacial score (nSPS) is 31.5. The average Bonchev–Trinajstić information content (AvgIpc) is 2.66. The summed E-state index contributed by atoms with van der Waals surface area (Å²) in [6, 6.07) is 13.4. The van der Waals surface area contributed by atoms with E-state index in [0.29, 0.717) is 5.56 Å². The van der Waals surface area contributed by atoms with Gasteiger partial charge in [-0.3, -0.25) is 4.79 Å². The van der Waals surface area contributed by atoms with Gasteiger partial charge in [-0.25, -0.2) is 4.79 Å². The Morgan fingerprint density at radius 3 is 2.21 bits per heavy atom. The fraction of sp³-hybridized carbons (Fsp3) is 0.500. The van der Waals surface area contributed by atoms with E-state index in [1.165, 1.54) is 19.3 Å². The van der Waals surface area contributed by atoms with Crippen LogP contribution in [0.25, 0.3) is 10.8 Å². The minimum absolute atomic E-state index is 0.0601. The van der Waals surface area contributed by atoms with Gasteiger partial charge in [-0.05, 0) is 86.1 Å². The third kappa shape index (κ3) is 3.19. The van der Waals surface area contributed by atoms with E-state index in [0.717, 1.165) is 47.8 Å². The SMILES string of the molecule is C[C@@H](OC(=O)c1ccc2ccccc2c1)C(=O)NC12CC3CC(CC(C3)C1)C2. The predicted molar refractivity (Wildman–Crippen MR) is 108 cm³/mol. The molecule has 28 heavy (non-hydrogen) atoms. The highest BCUT2D eigenvalue weighted by Gasteiger charge is 2.51. The summed E-state index contributed by atoms with van der Waals surface area (Å²) in [5, 5.41) is 5.36. The first-order valence-electron chi connectivity index (χ1n) is 10.5. The molecule has 4 nitrogen and oxygen atoms in total. The van der Waals surface area contributed by atoms with Crippen LogP contribution in [-0.4, -0.2) is 23.5 Å². The second kappa shape index (κ2) is 6.61. The summed E-state index contributed by atoms with van der Waals surface area (Å²) in [7, 11) is 0. The molecular weight excluding hydrogens is 350 g/mol. The molecule has 0 radical (unpaired) electrons. The van der Waals surface area contributed by atoms with Crippen molar-refractivity contribution in [3.63, 3.8) is 0 Å². The third-order valence-electron chi connectivity index (χ3n) is 7.06. The Bertz CT molecular complexity index is 899. The average molecular weight is 377 g/mol. The molecule has 0 unspecified atom stereocenters. The van der Waals surface area contributed by atoms with Gasteiger partial charge in [0, 0.05) is 5.54 Å².